The molecule has 0 saturated carbocycles. The number of hydrogen-bond donors (Lipinski definition) is 3. The van der Waals surface area contributed by atoms with Crippen molar-refractivity contribution < 1.29 is 14.0 Å². The van der Waals surface area contributed by atoms with Crippen molar-refractivity contribution in [2.45, 2.75) is 18.9 Å². The SMILES string of the molecule is CC1(c2cc(NC(=O)c3cnc(-c4ccco4)cn3)ccn2)CC(=O)NC(N)=N1. The van der Waals surface area contributed by atoms with Gasteiger partial charge in [-0.1, -0.05) is 0 Å². The summed E-state index contributed by atoms with van der Waals surface area (Å²) in [6.45, 7) is 1.76. The van der Waals surface area contributed by atoms with Crippen LogP contribution in [0.3, 0.4) is 0 Å². The number of aromatic nitrogens is 3. The van der Waals surface area contributed by atoms with E-state index in [1.807, 2.05) is 0 Å². The first-order chi connectivity index (χ1) is 13.9. The molecular formula is C19H17N7O3. The highest BCUT2D eigenvalue weighted by molar-refractivity contribution is 6.03. The molecule has 1 unspecified atom stereocenters. The molecule has 146 valence electrons. The third-order valence-electron chi connectivity index (χ3n) is 4.37. The van der Waals surface area contributed by atoms with Crippen LogP contribution in [-0.2, 0) is 10.3 Å². The van der Waals surface area contributed by atoms with E-state index in [9.17, 15) is 9.59 Å². The molecule has 0 spiro atoms. The van der Waals surface area contributed by atoms with Crippen molar-refractivity contribution in [1.29, 1.82) is 0 Å². The van der Waals surface area contributed by atoms with E-state index < -0.39 is 11.4 Å². The first kappa shape index (κ1) is 18.3. The van der Waals surface area contributed by atoms with E-state index in [-0.39, 0.29) is 24.0 Å². The Morgan fingerprint density at radius 2 is 2.14 bits per heavy atom. The summed E-state index contributed by atoms with van der Waals surface area (Å²) in [6, 6.07) is 6.78. The Morgan fingerprint density at radius 1 is 1.28 bits per heavy atom. The Labute approximate surface area is 165 Å². The standard InChI is InChI=1S/C19H17N7O3/c1-19(8-16(27)25-18(20)26-19)15-7-11(4-5-21-15)24-17(28)13-10-22-12(9-23-13)14-3-2-6-29-14/h2-7,9-10H,8H2,1H3,(H,21,24,28)(H3,20,25,26,27). The second kappa shape index (κ2) is 7.15. The average molecular weight is 391 g/mol. The number of carbonyl (C=O) groups excluding carboxylic acids is 2. The summed E-state index contributed by atoms with van der Waals surface area (Å²) >= 11 is 0. The van der Waals surface area contributed by atoms with Crippen LogP contribution in [0.15, 0.2) is 58.5 Å². The van der Waals surface area contributed by atoms with Crippen molar-refractivity contribution in [3.05, 3.63) is 60.5 Å². The zero-order valence-corrected chi connectivity index (χ0v) is 15.4. The van der Waals surface area contributed by atoms with Crippen molar-refractivity contribution >= 4 is 23.5 Å². The van der Waals surface area contributed by atoms with Gasteiger partial charge in [0.25, 0.3) is 5.91 Å². The highest BCUT2D eigenvalue weighted by Crippen LogP contribution is 2.31. The first-order valence-electron chi connectivity index (χ1n) is 8.72. The number of nitrogens with one attached hydrogen (secondary N) is 2. The Balaban J connectivity index is 1.53. The van der Waals surface area contributed by atoms with E-state index in [1.54, 1.807) is 31.2 Å². The van der Waals surface area contributed by atoms with Crippen LogP contribution in [0.25, 0.3) is 11.5 Å². The average Bonchev–Trinajstić information content (AvgIpc) is 3.22. The van der Waals surface area contributed by atoms with Crippen LogP contribution >= 0.6 is 0 Å². The minimum absolute atomic E-state index is 0.0342. The molecule has 0 aromatic carbocycles. The molecule has 0 saturated heterocycles. The van der Waals surface area contributed by atoms with Gasteiger partial charge in [0.2, 0.25) is 5.91 Å². The normalized spacial score (nSPS) is 18.7. The number of furan rings is 1. The van der Waals surface area contributed by atoms with Crippen LogP contribution in [0, 0.1) is 0 Å². The van der Waals surface area contributed by atoms with E-state index >= 15 is 0 Å². The molecule has 0 fully saturated rings. The molecule has 10 heteroatoms. The highest BCUT2D eigenvalue weighted by Gasteiger charge is 2.34. The zero-order chi connectivity index (χ0) is 20.4. The number of nitrogens with zero attached hydrogens (tertiary/aromatic N) is 4. The van der Waals surface area contributed by atoms with Gasteiger partial charge in [0.1, 0.15) is 16.9 Å². The smallest absolute Gasteiger partial charge is 0.275 e. The van der Waals surface area contributed by atoms with Crippen molar-refractivity contribution in [3.63, 3.8) is 0 Å². The van der Waals surface area contributed by atoms with Crippen molar-refractivity contribution in [2.24, 2.45) is 10.7 Å². The largest absolute Gasteiger partial charge is 0.463 e. The summed E-state index contributed by atoms with van der Waals surface area (Å²) in [5.74, 6) is -0.0851. The predicted molar refractivity (Wildman–Crippen MR) is 104 cm³/mol. The van der Waals surface area contributed by atoms with Crippen molar-refractivity contribution in [3.8, 4) is 11.5 Å². The molecule has 1 atom stereocenters. The van der Waals surface area contributed by atoms with Crippen LogP contribution in [0.2, 0.25) is 0 Å². The third-order valence-corrected chi connectivity index (χ3v) is 4.37. The molecule has 2 amide bonds. The van der Waals surface area contributed by atoms with E-state index in [2.05, 4.69) is 30.6 Å². The quantitative estimate of drug-likeness (QED) is 0.609. The summed E-state index contributed by atoms with van der Waals surface area (Å²) in [6.07, 6.45) is 5.99. The van der Waals surface area contributed by atoms with Gasteiger partial charge in [-0.05, 0) is 31.2 Å². The third kappa shape index (κ3) is 3.81. The molecule has 0 radical (unpaired) electrons. The van der Waals surface area contributed by atoms with Gasteiger partial charge in [-0.3, -0.25) is 19.9 Å². The van der Waals surface area contributed by atoms with Gasteiger partial charge in [0, 0.05) is 11.9 Å². The van der Waals surface area contributed by atoms with Gasteiger partial charge >= 0.3 is 0 Å². The monoisotopic (exact) mass is 391 g/mol. The lowest BCUT2D eigenvalue weighted by molar-refractivity contribution is -0.121. The molecular weight excluding hydrogens is 374 g/mol. The van der Waals surface area contributed by atoms with Gasteiger partial charge in [-0.15, -0.1) is 0 Å². The van der Waals surface area contributed by atoms with Gasteiger partial charge in [0.15, 0.2) is 11.7 Å². The second-order valence-electron chi connectivity index (χ2n) is 6.64. The zero-order valence-electron chi connectivity index (χ0n) is 15.4. The van der Waals surface area contributed by atoms with E-state index in [0.717, 1.165) is 0 Å². The van der Waals surface area contributed by atoms with Crippen molar-refractivity contribution in [2.75, 3.05) is 5.32 Å². The van der Waals surface area contributed by atoms with Crippen LogP contribution in [0.5, 0.6) is 0 Å². The van der Waals surface area contributed by atoms with Crippen LogP contribution in [0.4, 0.5) is 5.69 Å². The van der Waals surface area contributed by atoms with Crippen LogP contribution in [0.1, 0.15) is 29.5 Å². The fourth-order valence-corrected chi connectivity index (χ4v) is 2.98. The maximum atomic E-state index is 12.5. The lowest BCUT2D eigenvalue weighted by Crippen LogP contribution is -2.46. The minimum atomic E-state index is -0.919. The molecule has 1 aliphatic rings. The molecule has 29 heavy (non-hydrogen) atoms. The number of aliphatic imine (C=N–C) groups is 1. The number of amides is 2. The van der Waals surface area contributed by atoms with Gasteiger partial charge < -0.3 is 15.5 Å². The molecule has 0 bridgehead atoms. The fraction of sp³-hybridized carbons (Fsp3) is 0.158. The van der Waals surface area contributed by atoms with Crippen LogP contribution in [-0.4, -0.2) is 32.7 Å². The first-order valence-corrected chi connectivity index (χ1v) is 8.72. The van der Waals surface area contributed by atoms with Gasteiger partial charge in [0.05, 0.1) is 30.8 Å². The minimum Gasteiger partial charge on any atom is -0.463 e. The molecule has 3 aromatic heterocycles. The number of hydrogen-bond acceptors (Lipinski definition) is 8. The topological polar surface area (TPSA) is 148 Å². The second-order valence-corrected chi connectivity index (χ2v) is 6.64. The molecule has 4 heterocycles. The molecule has 10 nitrogen and oxygen atoms in total. The summed E-state index contributed by atoms with van der Waals surface area (Å²) < 4.78 is 5.25. The number of anilines is 1. The molecule has 0 aliphatic carbocycles. The summed E-state index contributed by atoms with van der Waals surface area (Å²) in [4.78, 5) is 41.3. The van der Waals surface area contributed by atoms with E-state index in [1.165, 1.54) is 24.9 Å². The Morgan fingerprint density at radius 3 is 2.83 bits per heavy atom. The number of rotatable bonds is 4. The lowest BCUT2D eigenvalue weighted by atomic mass is 9.92. The lowest BCUT2D eigenvalue weighted by Gasteiger charge is -2.28. The Hall–Kier alpha value is -4.08. The summed E-state index contributed by atoms with van der Waals surface area (Å²) in [7, 11) is 0. The maximum Gasteiger partial charge on any atom is 0.275 e. The van der Waals surface area contributed by atoms with E-state index in [4.69, 9.17) is 10.2 Å². The number of carbonyl (C=O) groups is 2. The Kier molecular flexibility index (Phi) is 4.51. The molecule has 1 aliphatic heterocycles. The van der Waals surface area contributed by atoms with Gasteiger partial charge in [-0.2, -0.15) is 0 Å². The van der Waals surface area contributed by atoms with Gasteiger partial charge in [-0.25, -0.2) is 15.0 Å². The number of pyridine rings is 1. The van der Waals surface area contributed by atoms with Crippen molar-refractivity contribution in [1.82, 2.24) is 20.3 Å². The highest BCUT2D eigenvalue weighted by atomic mass is 16.3. The molecule has 3 aromatic rings. The van der Waals surface area contributed by atoms with Crippen LogP contribution < -0.4 is 16.4 Å². The number of nitrogens with two attached hydrogens (primary N) is 1. The fourth-order valence-electron chi connectivity index (χ4n) is 2.98. The Bertz CT molecular complexity index is 1090. The summed E-state index contributed by atoms with van der Waals surface area (Å²) in [5, 5.41) is 5.20. The molecule has 4 rings (SSSR count). The number of guanidine groups is 1. The predicted octanol–water partition coefficient (Wildman–Crippen LogP) is 1.43. The molecule has 4 N–H and O–H groups in total. The maximum absolute atomic E-state index is 12.5. The summed E-state index contributed by atoms with van der Waals surface area (Å²) in [5.41, 5.74) is 6.42. The van der Waals surface area contributed by atoms with E-state index in [0.29, 0.717) is 22.8 Å².